The Balaban J connectivity index is 1.42. The van der Waals surface area contributed by atoms with Crippen LogP contribution in [-0.2, 0) is 17.9 Å². The quantitative estimate of drug-likeness (QED) is 0.599. The van der Waals surface area contributed by atoms with E-state index in [4.69, 9.17) is 0 Å². The Bertz CT molecular complexity index is 722. The number of aryl methyl sites for hydroxylation is 2. The fourth-order valence-corrected chi connectivity index (χ4v) is 3.88. The van der Waals surface area contributed by atoms with Crippen LogP contribution >= 0.6 is 11.8 Å². The molecule has 1 amide bonds. The maximum Gasteiger partial charge on any atom is 0.230 e. The Morgan fingerprint density at radius 2 is 1.69 bits per heavy atom. The molecule has 0 atom stereocenters. The van der Waals surface area contributed by atoms with E-state index in [1.54, 1.807) is 0 Å². The van der Waals surface area contributed by atoms with Gasteiger partial charge in [-0.2, -0.15) is 0 Å². The van der Waals surface area contributed by atoms with Gasteiger partial charge >= 0.3 is 0 Å². The summed E-state index contributed by atoms with van der Waals surface area (Å²) in [6.07, 6.45) is 2.63. The van der Waals surface area contributed by atoms with Crippen molar-refractivity contribution < 1.29 is 4.79 Å². The van der Waals surface area contributed by atoms with Gasteiger partial charge in [-0.25, -0.2) is 9.97 Å². The molecule has 0 aliphatic carbocycles. The second-order valence-electron chi connectivity index (χ2n) is 6.80. The van der Waals surface area contributed by atoms with E-state index < -0.39 is 0 Å². The standard InChI is InChI=1S/C20H26N4OS/c1-15-11-16(2)23-20(22-15)26-14-19(25)21-12-17-5-7-18(8-6-17)13-24-9-3-4-10-24/h5-8,11H,3-4,9-10,12-14H2,1-2H3,(H,21,25). The lowest BCUT2D eigenvalue weighted by molar-refractivity contribution is -0.118. The molecule has 3 rings (SSSR count). The van der Waals surface area contributed by atoms with Gasteiger partial charge in [-0.15, -0.1) is 0 Å². The lowest BCUT2D eigenvalue weighted by atomic mass is 10.1. The molecule has 26 heavy (non-hydrogen) atoms. The largest absolute Gasteiger partial charge is 0.351 e. The van der Waals surface area contributed by atoms with Crippen molar-refractivity contribution in [2.24, 2.45) is 0 Å². The second kappa shape index (κ2) is 9.14. The molecule has 1 aliphatic heterocycles. The lowest BCUT2D eigenvalue weighted by Crippen LogP contribution is -2.24. The maximum absolute atomic E-state index is 12.1. The molecular weight excluding hydrogens is 344 g/mol. The number of nitrogens with zero attached hydrogens (tertiary/aromatic N) is 3. The summed E-state index contributed by atoms with van der Waals surface area (Å²) in [6, 6.07) is 10.5. The predicted octanol–water partition coefficient (Wildman–Crippen LogP) is 3.10. The molecule has 2 heterocycles. The average molecular weight is 371 g/mol. The van der Waals surface area contributed by atoms with Crippen molar-refractivity contribution in [1.29, 1.82) is 0 Å². The molecule has 1 fully saturated rings. The number of aromatic nitrogens is 2. The molecule has 1 saturated heterocycles. The molecule has 1 aromatic carbocycles. The van der Waals surface area contributed by atoms with E-state index in [2.05, 4.69) is 44.5 Å². The number of amides is 1. The first-order chi connectivity index (χ1) is 12.6. The average Bonchev–Trinajstić information content (AvgIpc) is 3.11. The van der Waals surface area contributed by atoms with E-state index >= 15 is 0 Å². The van der Waals surface area contributed by atoms with Crippen LogP contribution in [-0.4, -0.2) is 39.6 Å². The van der Waals surface area contributed by atoms with Crippen LogP contribution < -0.4 is 5.32 Å². The molecule has 0 saturated carbocycles. The smallest absolute Gasteiger partial charge is 0.230 e. The van der Waals surface area contributed by atoms with E-state index in [0.717, 1.165) is 23.5 Å². The van der Waals surface area contributed by atoms with Gasteiger partial charge in [0.25, 0.3) is 0 Å². The molecule has 1 aromatic heterocycles. The van der Waals surface area contributed by atoms with Crippen molar-refractivity contribution >= 4 is 17.7 Å². The van der Waals surface area contributed by atoms with Gasteiger partial charge in [0.05, 0.1) is 5.75 Å². The minimum absolute atomic E-state index is 0.00102. The molecule has 138 valence electrons. The number of benzene rings is 1. The number of nitrogens with one attached hydrogen (secondary N) is 1. The number of hydrogen-bond acceptors (Lipinski definition) is 5. The zero-order chi connectivity index (χ0) is 18.4. The van der Waals surface area contributed by atoms with Crippen LogP contribution in [0.4, 0.5) is 0 Å². The number of carbonyl (C=O) groups excluding carboxylic acids is 1. The highest BCUT2D eigenvalue weighted by molar-refractivity contribution is 7.99. The van der Waals surface area contributed by atoms with Crippen LogP contribution in [0.1, 0.15) is 35.4 Å². The number of rotatable bonds is 7. The molecule has 0 bridgehead atoms. The van der Waals surface area contributed by atoms with Crippen LogP contribution in [0.3, 0.4) is 0 Å². The first-order valence-corrected chi connectivity index (χ1v) is 10.1. The predicted molar refractivity (Wildman–Crippen MR) is 105 cm³/mol. The molecule has 6 heteroatoms. The van der Waals surface area contributed by atoms with E-state index in [9.17, 15) is 4.79 Å². The summed E-state index contributed by atoms with van der Waals surface area (Å²) in [5.74, 6) is 0.328. The molecule has 2 aromatic rings. The van der Waals surface area contributed by atoms with E-state index in [1.807, 2.05) is 19.9 Å². The van der Waals surface area contributed by atoms with E-state index in [-0.39, 0.29) is 5.91 Å². The van der Waals surface area contributed by atoms with Gasteiger partial charge in [0, 0.05) is 24.5 Å². The minimum Gasteiger partial charge on any atom is -0.351 e. The minimum atomic E-state index is -0.00102. The number of hydrogen-bond donors (Lipinski definition) is 1. The Hall–Kier alpha value is -1.92. The van der Waals surface area contributed by atoms with Crippen molar-refractivity contribution in [3.05, 3.63) is 52.8 Å². The van der Waals surface area contributed by atoms with Crippen molar-refractivity contribution in [3.8, 4) is 0 Å². The normalized spacial score (nSPS) is 14.5. The molecule has 1 aliphatic rings. The molecule has 0 unspecified atom stereocenters. The highest BCUT2D eigenvalue weighted by Crippen LogP contribution is 2.15. The number of carbonyl (C=O) groups is 1. The molecule has 5 nitrogen and oxygen atoms in total. The van der Waals surface area contributed by atoms with Gasteiger partial charge in [0.1, 0.15) is 0 Å². The Morgan fingerprint density at radius 3 is 2.35 bits per heavy atom. The topological polar surface area (TPSA) is 58.1 Å². The summed E-state index contributed by atoms with van der Waals surface area (Å²) < 4.78 is 0. The van der Waals surface area contributed by atoms with Gasteiger partial charge in [0.2, 0.25) is 5.91 Å². The molecule has 0 radical (unpaired) electrons. The zero-order valence-corrected chi connectivity index (χ0v) is 16.3. The van der Waals surface area contributed by atoms with Crippen molar-refractivity contribution in [2.75, 3.05) is 18.8 Å². The van der Waals surface area contributed by atoms with Crippen LogP contribution in [0.5, 0.6) is 0 Å². The van der Waals surface area contributed by atoms with Gasteiger partial charge in [-0.3, -0.25) is 9.69 Å². The highest BCUT2D eigenvalue weighted by Gasteiger charge is 2.11. The van der Waals surface area contributed by atoms with Crippen LogP contribution in [0.2, 0.25) is 0 Å². The third-order valence-electron chi connectivity index (χ3n) is 4.41. The molecule has 1 N–H and O–H groups in total. The van der Waals surface area contributed by atoms with Gasteiger partial charge in [-0.1, -0.05) is 36.0 Å². The van der Waals surface area contributed by atoms with Crippen LogP contribution in [0.25, 0.3) is 0 Å². The molecular formula is C20H26N4OS. The van der Waals surface area contributed by atoms with Gasteiger partial charge in [-0.05, 0) is 57.0 Å². The maximum atomic E-state index is 12.1. The van der Waals surface area contributed by atoms with Crippen molar-refractivity contribution in [2.45, 2.75) is 44.9 Å². The summed E-state index contributed by atoms with van der Waals surface area (Å²) in [6.45, 7) is 7.87. The van der Waals surface area contributed by atoms with Gasteiger partial charge < -0.3 is 5.32 Å². The van der Waals surface area contributed by atoms with Crippen LogP contribution in [0, 0.1) is 13.8 Å². The third kappa shape index (κ3) is 5.81. The molecule has 0 spiro atoms. The van der Waals surface area contributed by atoms with Gasteiger partial charge in [0.15, 0.2) is 5.16 Å². The van der Waals surface area contributed by atoms with E-state index in [0.29, 0.717) is 17.5 Å². The van der Waals surface area contributed by atoms with E-state index in [1.165, 1.54) is 43.3 Å². The highest BCUT2D eigenvalue weighted by atomic mass is 32.2. The van der Waals surface area contributed by atoms with Crippen molar-refractivity contribution in [1.82, 2.24) is 20.2 Å². The summed E-state index contributed by atoms with van der Waals surface area (Å²) in [5.41, 5.74) is 4.31. The lowest BCUT2D eigenvalue weighted by Gasteiger charge is -2.14. The van der Waals surface area contributed by atoms with Crippen LogP contribution in [0.15, 0.2) is 35.5 Å². The Labute approximate surface area is 159 Å². The second-order valence-corrected chi connectivity index (χ2v) is 7.74. The monoisotopic (exact) mass is 370 g/mol. The first-order valence-electron chi connectivity index (χ1n) is 9.10. The summed E-state index contributed by atoms with van der Waals surface area (Å²) in [4.78, 5) is 23.2. The summed E-state index contributed by atoms with van der Waals surface area (Å²) in [5, 5.41) is 3.62. The summed E-state index contributed by atoms with van der Waals surface area (Å²) in [7, 11) is 0. The SMILES string of the molecule is Cc1cc(C)nc(SCC(=O)NCc2ccc(CN3CCCC3)cc2)n1. The first kappa shape index (κ1) is 18.9. The summed E-state index contributed by atoms with van der Waals surface area (Å²) >= 11 is 1.37. The Morgan fingerprint density at radius 1 is 1.08 bits per heavy atom. The Kier molecular flexibility index (Phi) is 6.63. The number of likely N-dealkylation sites (tertiary alicyclic amines) is 1. The fourth-order valence-electron chi connectivity index (χ4n) is 3.10. The number of thioether (sulfide) groups is 1. The third-order valence-corrected chi connectivity index (χ3v) is 5.26. The van der Waals surface area contributed by atoms with Crippen molar-refractivity contribution in [3.63, 3.8) is 0 Å². The fraction of sp³-hybridized carbons (Fsp3) is 0.450. The zero-order valence-electron chi connectivity index (χ0n) is 15.5.